The van der Waals surface area contributed by atoms with E-state index in [0.717, 1.165) is 39.6 Å². The van der Waals surface area contributed by atoms with E-state index in [1.807, 2.05) is 18.4 Å². The topological polar surface area (TPSA) is 34.2 Å². The van der Waals surface area contributed by atoms with Gasteiger partial charge in [0.15, 0.2) is 16.7 Å². The number of hydrogen-bond donors (Lipinski definition) is 1. The first-order valence-electron chi connectivity index (χ1n) is 6.64. The fourth-order valence-corrected chi connectivity index (χ4v) is 3.02. The number of fused-ring (bicyclic) bond motifs is 2. The Bertz CT molecular complexity index is 730. The molecule has 0 radical (unpaired) electrons. The van der Waals surface area contributed by atoms with Crippen LogP contribution in [-0.2, 0) is 0 Å². The largest absolute Gasteiger partial charge is 0.450 e. The molecule has 5 heteroatoms. The molecule has 1 aliphatic rings. The lowest BCUT2D eigenvalue weighted by molar-refractivity contribution is 0.477. The van der Waals surface area contributed by atoms with Gasteiger partial charge in [0.25, 0.3) is 0 Å². The predicted molar refractivity (Wildman–Crippen MR) is 90.2 cm³/mol. The molecular weight excluding hydrogens is 304 g/mol. The van der Waals surface area contributed by atoms with Gasteiger partial charge < -0.3 is 10.1 Å². The van der Waals surface area contributed by atoms with Crippen LogP contribution in [0.15, 0.2) is 35.9 Å². The normalized spacial score (nSPS) is 12.0. The standard InChI is InChI=1S/C16H15ClN2OS/c1-4-9(2)10-8-18-16(17)15-13(10)19-14-11(20-15)6-5-7-12(14)21-3/h5-8,19H,2,4H2,1,3H3. The monoisotopic (exact) mass is 318 g/mol. The third-order valence-corrected chi connectivity index (χ3v) is 4.52. The van der Waals surface area contributed by atoms with Crippen LogP contribution in [-0.4, -0.2) is 11.2 Å². The number of allylic oxidation sites excluding steroid dienone is 1. The fraction of sp³-hybridized carbons (Fsp3) is 0.188. The highest BCUT2D eigenvalue weighted by atomic mass is 35.5. The van der Waals surface area contributed by atoms with E-state index in [-0.39, 0.29) is 0 Å². The van der Waals surface area contributed by atoms with E-state index in [0.29, 0.717) is 10.9 Å². The van der Waals surface area contributed by atoms with Gasteiger partial charge in [-0.25, -0.2) is 4.98 Å². The van der Waals surface area contributed by atoms with Gasteiger partial charge in [-0.1, -0.05) is 31.2 Å². The first-order chi connectivity index (χ1) is 10.2. The van der Waals surface area contributed by atoms with Gasteiger partial charge in [0.2, 0.25) is 0 Å². The summed E-state index contributed by atoms with van der Waals surface area (Å²) in [7, 11) is 0. The fourth-order valence-electron chi connectivity index (χ4n) is 2.27. The molecule has 2 aromatic rings. The molecule has 3 nitrogen and oxygen atoms in total. The third-order valence-electron chi connectivity index (χ3n) is 3.47. The van der Waals surface area contributed by atoms with E-state index >= 15 is 0 Å². The van der Waals surface area contributed by atoms with Crippen LogP contribution in [0.4, 0.5) is 11.4 Å². The van der Waals surface area contributed by atoms with Crippen LogP contribution in [0.1, 0.15) is 18.9 Å². The van der Waals surface area contributed by atoms with Gasteiger partial charge in [0.1, 0.15) is 0 Å². The SMILES string of the molecule is C=C(CC)c1cnc(Cl)c2c1Nc1c(cccc1SC)O2. The Labute approximate surface area is 133 Å². The highest BCUT2D eigenvalue weighted by Gasteiger charge is 2.25. The smallest absolute Gasteiger partial charge is 0.188 e. The number of ether oxygens (including phenoxy) is 1. The van der Waals surface area contributed by atoms with Crippen molar-refractivity contribution in [1.29, 1.82) is 0 Å². The van der Waals surface area contributed by atoms with Crippen molar-refractivity contribution in [3.63, 3.8) is 0 Å². The maximum Gasteiger partial charge on any atom is 0.188 e. The summed E-state index contributed by atoms with van der Waals surface area (Å²) in [6.45, 7) is 6.16. The van der Waals surface area contributed by atoms with E-state index in [1.54, 1.807) is 18.0 Å². The van der Waals surface area contributed by atoms with Gasteiger partial charge in [-0.2, -0.15) is 0 Å². The molecular formula is C16H15ClN2OS. The average molecular weight is 319 g/mol. The number of hydrogen-bond acceptors (Lipinski definition) is 4. The Morgan fingerprint density at radius 3 is 2.95 bits per heavy atom. The number of nitrogens with zero attached hydrogens (tertiary/aromatic N) is 1. The number of pyridine rings is 1. The minimum atomic E-state index is 0.352. The van der Waals surface area contributed by atoms with Gasteiger partial charge in [-0.3, -0.25) is 0 Å². The van der Waals surface area contributed by atoms with Crippen molar-refractivity contribution in [3.8, 4) is 11.5 Å². The van der Waals surface area contributed by atoms with Gasteiger partial charge >= 0.3 is 0 Å². The number of nitrogens with one attached hydrogen (secondary N) is 1. The van der Waals surface area contributed by atoms with Crippen LogP contribution < -0.4 is 10.1 Å². The molecule has 0 fully saturated rings. The number of aromatic nitrogens is 1. The van der Waals surface area contributed by atoms with Gasteiger partial charge in [-0.15, -0.1) is 11.8 Å². The molecule has 1 aromatic heterocycles. The van der Waals surface area contributed by atoms with Gasteiger partial charge in [-0.05, 0) is 30.4 Å². The summed E-state index contributed by atoms with van der Waals surface area (Å²) in [6, 6.07) is 5.94. The lowest BCUT2D eigenvalue weighted by atomic mass is 10.0. The quantitative estimate of drug-likeness (QED) is 0.494. The van der Waals surface area contributed by atoms with E-state index in [9.17, 15) is 0 Å². The van der Waals surface area contributed by atoms with Crippen molar-refractivity contribution in [2.24, 2.45) is 0 Å². The molecule has 0 unspecified atom stereocenters. The molecule has 21 heavy (non-hydrogen) atoms. The number of benzene rings is 1. The van der Waals surface area contributed by atoms with Crippen LogP contribution in [0, 0.1) is 0 Å². The second-order valence-corrected chi connectivity index (χ2v) is 5.89. The Morgan fingerprint density at radius 1 is 1.43 bits per heavy atom. The highest BCUT2D eigenvalue weighted by molar-refractivity contribution is 7.98. The van der Waals surface area contributed by atoms with E-state index in [2.05, 4.69) is 29.9 Å². The zero-order valence-electron chi connectivity index (χ0n) is 11.9. The van der Waals surface area contributed by atoms with Crippen molar-refractivity contribution in [1.82, 2.24) is 4.98 Å². The molecule has 0 bridgehead atoms. The number of anilines is 2. The van der Waals surface area contributed by atoms with Crippen molar-refractivity contribution in [2.75, 3.05) is 11.6 Å². The highest BCUT2D eigenvalue weighted by Crippen LogP contribution is 2.50. The molecule has 0 atom stereocenters. The van der Waals surface area contributed by atoms with Gasteiger partial charge in [0, 0.05) is 16.7 Å². The number of thioether (sulfide) groups is 1. The Hall–Kier alpha value is -1.65. The first-order valence-corrected chi connectivity index (χ1v) is 8.24. The Kier molecular flexibility index (Phi) is 3.83. The molecule has 0 saturated carbocycles. The molecule has 108 valence electrons. The molecule has 1 aliphatic heterocycles. The number of halogens is 1. The molecule has 3 rings (SSSR count). The van der Waals surface area contributed by atoms with Crippen molar-refractivity contribution < 1.29 is 4.74 Å². The lowest BCUT2D eigenvalue weighted by Crippen LogP contribution is -2.07. The second kappa shape index (κ2) is 5.62. The molecule has 0 saturated heterocycles. The predicted octanol–water partition coefficient (Wildman–Crippen LogP) is 5.73. The summed E-state index contributed by atoms with van der Waals surface area (Å²) < 4.78 is 5.97. The molecule has 0 aliphatic carbocycles. The molecule has 0 amide bonds. The maximum absolute atomic E-state index is 6.19. The summed E-state index contributed by atoms with van der Waals surface area (Å²) >= 11 is 7.86. The van der Waals surface area contributed by atoms with Crippen molar-refractivity contribution in [2.45, 2.75) is 18.2 Å². The number of rotatable bonds is 3. The zero-order valence-corrected chi connectivity index (χ0v) is 13.4. The maximum atomic E-state index is 6.19. The van der Waals surface area contributed by atoms with Crippen LogP contribution in [0.25, 0.3) is 5.57 Å². The van der Waals surface area contributed by atoms with Crippen LogP contribution in [0.5, 0.6) is 11.5 Å². The van der Waals surface area contributed by atoms with E-state index in [1.165, 1.54) is 0 Å². The molecule has 1 aromatic carbocycles. The van der Waals surface area contributed by atoms with Gasteiger partial charge in [0.05, 0.1) is 11.4 Å². The average Bonchev–Trinajstić information content (AvgIpc) is 2.52. The van der Waals surface area contributed by atoms with Crippen molar-refractivity contribution in [3.05, 3.63) is 41.7 Å². The molecule has 1 N–H and O–H groups in total. The Balaban J connectivity index is 2.17. The summed E-state index contributed by atoms with van der Waals surface area (Å²) in [4.78, 5) is 5.34. The summed E-state index contributed by atoms with van der Waals surface area (Å²) in [6.07, 6.45) is 4.63. The minimum absolute atomic E-state index is 0.352. The van der Waals surface area contributed by atoms with Crippen LogP contribution in [0.2, 0.25) is 5.15 Å². The Morgan fingerprint density at radius 2 is 2.24 bits per heavy atom. The first kappa shape index (κ1) is 14.3. The molecule has 0 spiro atoms. The minimum Gasteiger partial charge on any atom is -0.450 e. The zero-order chi connectivity index (χ0) is 15.0. The van der Waals surface area contributed by atoms with Crippen LogP contribution >= 0.6 is 23.4 Å². The number of para-hydroxylation sites is 1. The molecule has 2 heterocycles. The van der Waals surface area contributed by atoms with Crippen LogP contribution in [0.3, 0.4) is 0 Å². The lowest BCUT2D eigenvalue weighted by Gasteiger charge is -2.26. The summed E-state index contributed by atoms with van der Waals surface area (Å²) in [5, 5.41) is 3.81. The summed E-state index contributed by atoms with van der Waals surface area (Å²) in [5.74, 6) is 1.33. The third kappa shape index (κ3) is 2.39. The van der Waals surface area contributed by atoms with E-state index in [4.69, 9.17) is 16.3 Å². The van der Waals surface area contributed by atoms with E-state index < -0.39 is 0 Å². The van der Waals surface area contributed by atoms with Crippen molar-refractivity contribution >= 4 is 40.3 Å². The summed E-state index contributed by atoms with van der Waals surface area (Å²) in [5.41, 5.74) is 3.75. The second-order valence-electron chi connectivity index (χ2n) is 4.68.